The van der Waals surface area contributed by atoms with Crippen molar-refractivity contribution in [2.75, 3.05) is 17.2 Å². The molecule has 2 aromatic carbocycles. The van der Waals surface area contributed by atoms with Crippen LogP contribution in [0, 0.1) is 0 Å². The van der Waals surface area contributed by atoms with Gasteiger partial charge in [-0.1, -0.05) is 0 Å². The van der Waals surface area contributed by atoms with Crippen LogP contribution in [0.25, 0.3) is 0 Å². The molecule has 0 atom stereocenters. The van der Waals surface area contributed by atoms with Gasteiger partial charge in [-0.05, 0) is 68.3 Å². The van der Waals surface area contributed by atoms with E-state index in [1.807, 2.05) is 36.4 Å². The Morgan fingerprint density at radius 1 is 0.960 bits per heavy atom. The van der Waals surface area contributed by atoms with Crippen LogP contribution in [0.3, 0.4) is 0 Å². The molecule has 0 bridgehead atoms. The molecule has 1 aliphatic rings. The van der Waals surface area contributed by atoms with Gasteiger partial charge in [0.05, 0.1) is 12.2 Å². The normalized spacial score (nSPS) is 13.0. The lowest BCUT2D eigenvalue weighted by Gasteiger charge is -2.10. The Balaban J connectivity index is 1.55. The standard InChI is InChI=1S/C19H21N3O3/c1-2-25-18(23)13-3-5-14(6-4-13)20-15-7-9-16(10-8-15)21-19(24)22-17-11-12-17/h3-10,17,20H,2,11-12H2,1H3,(H2,21,22,24). The molecule has 0 spiro atoms. The van der Waals surface area contributed by atoms with E-state index in [4.69, 9.17) is 4.74 Å². The number of ether oxygens (including phenoxy) is 1. The largest absolute Gasteiger partial charge is 0.462 e. The van der Waals surface area contributed by atoms with E-state index in [1.54, 1.807) is 19.1 Å². The van der Waals surface area contributed by atoms with Crippen molar-refractivity contribution in [3.63, 3.8) is 0 Å². The average molecular weight is 339 g/mol. The summed E-state index contributed by atoms with van der Waals surface area (Å²) >= 11 is 0. The van der Waals surface area contributed by atoms with E-state index in [1.165, 1.54) is 0 Å². The third-order valence-electron chi connectivity index (χ3n) is 3.74. The maximum atomic E-state index is 11.7. The lowest BCUT2D eigenvalue weighted by Crippen LogP contribution is -2.30. The van der Waals surface area contributed by atoms with E-state index in [0.717, 1.165) is 29.9 Å². The van der Waals surface area contributed by atoms with E-state index in [9.17, 15) is 9.59 Å². The number of carbonyl (C=O) groups excluding carboxylic acids is 2. The molecule has 25 heavy (non-hydrogen) atoms. The SMILES string of the molecule is CCOC(=O)c1ccc(Nc2ccc(NC(=O)NC3CC3)cc2)cc1. The van der Waals surface area contributed by atoms with Gasteiger partial charge in [-0.15, -0.1) is 0 Å². The molecule has 0 saturated heterocycles. The molecule has 3 N–H and O–H groups in total. The molecule has 0 unspecified atom stereocenters. The van der Waals surface area contributed by atoms with E-state index >= 15 is 0 Å². The Morgan fingerprint density at radius 3 is 2.08 bits per heavy atom. The second-order valence-corrected chi connectivity index (χ2v) is 5.87. The fourth-order valence-corrected chi connectivity index (χ4v) is 2.29. The van der Waals surface area contributed by atoms with Gasteiger partial charge in [0.25, 0.3) is 0 Å². The summed E-state index contributed by atoms with van der Waals surface area (Å²) in [4.78, 5) is 23.3. The fraction of sp³-hybridized carbons (Fsp3) is 0.263. The van der Waals surface area contributed by atoms with Gasteiger partial charge in [-0.2, -0.15) is 0 Å². The number of anilines is 3. The molecule has 0 aromatic heterocycles. The zero-order chi connectivity index (χ0) is 17.6. The highest BCUT2D eigenvalue weighted by molar-refractivity contribution is 5.90. The van der Waals surface area contributed by atoms with Gasteiger partial charge in [0.2, 0.25) is 0 Å². The number of amides is 2. The Kier molecular flexibility index (Phi) is 5.18. The smallest absolute Gasteiger partial charge is 0.338 e. The van der Waals surface area contributed by atoms with E-state index in [0.29, 0.717) is 18.2 Å². The summed E-state index contributed by atoms with van der Waals surface area (Å²) in [5, 5.41) is 8.93. The van der Waals surface area contributed by atoms with Gasteiger partial charge >= 0.3 is 12.0 Å². The van der Waals surface area contributed by atoms with Crippen molar-refractivity contribution >= 4 is 29.1 Å². The fourth-order valence-electron chi connectivity index (χ4n) is 2.29. The molecular weight excluding hydrogens is 318 g/mol. The molecule has 6 nitrogen and oxygen atoms in total. The molecule has 1 aliphatic carbocycles. The van der Waals surface area contributed by atoms with Gasteiger partial charge < -0.3 is 20.7 Å². The summed E-state index contributed by atoms with van der Waals surface area (Å²) in [5.74, 6) is -0.325. The van der Waals surface area contributed by atoms with Crippen molar-refractivity contribution in [3.05, 3.63) is 54.1 Å². The van der Waals surface area contributed by atoms with Gasteiger partial charge in [0.1, 0.15) is 0 Å². The minimum absolute atomic E-state index is 0.169. The minimum Gasteiger partial charge on any atom is -0.462 e. The summed E-state index contributed by atoms with van der Waals surface area (Å²) in [6.45, 7) is 2.14. The highest BCUT2D eigenvalue weighted by Crippen LogP contribution is 2.21. The van der Waals surface area contributed by atoms with E-state index in [-0.39, 0.29) is 12.0 Å². The monoisotopic (exact) mass is 339 g/mol. The van der Waals surface area contributed by atoms with Crippen LogP contribution >= 0.6 is 0 Å². The van der Waals surface area contributed by atoms with Crippen LogP contribution in [0.1, 0.15) is 30.1 Å². The van der Waals surface area contributed by atoms with Gasteiger partial charge in [0.15, 0.2) is 0 Å². The molecule has 0 aliphatic heterocycles. The number of benzene rings is 2. The third kappa shape index (κ3) is 4.97. The molecule has 2 aromatic rings. The number of esters is 1. The molecule has 0 radical (unpaired) electrons. The number of hydrogen-bond donors (Lipinski definition) is 3. The number of hydrogen-bond acceptors (Lipinski definition) is 4. The quantitative estimate of drug-likeness (QED) is 0.698. The van der Waals surface area contributed by atoms with Crippen LogP contribution in [-0.2, 0) is 4.74 Å². The summed E-state index contributed by atoms with van der Waals surface area (Å²) in [7, 11) is 0. The van der Waals surface area contributed by atoms with Crippen LogP contribution < -0.4 is 16.0 Å². The maximum absolute atomic E-state index is 11.7. The van der Waals surface area contributed by atoms with Crippen LogP contribution in [0.4, 0.5) is 21.9 Å². The van der Waals surface area contributed by atoms with Crippen molar-refractivity contribution < 1.29 is 14.3 Å². The molecular formula is C19H21N3O3. The first-order chi connectivity index (χ1) is 12.1. The molecule has 130 valence electrons. The summed E-state index contributed by atoms with van der Waals surface area (Å²) in [6, 6.07) is 14.7. The molecule has 0 heterocycles. The van der Waals surface area contributed by atoms with Crippen LogP contribution in [0.15, 0.2) is 48.5 Å². The van der Waals surface area contributed by atoms with Crippen LogP contribution in [-0.4, -0.2) is 24.6 Å². The van der Waals surface area contributed by atoms with Crippen molar-refractivity contribution in [1.29, 1.82) is 0 Å². The molecule has 1 saturated carbocycles. The van der Waals surface area contributed by atoms with Crippen molar-refractivity contribution in [2.24, 2.45) is 0 Å². The highest BCUT2D eigenvalue weighted by Gasteiger charge is 2.23. The van der Waals surface area contributed by atoms with E-state index < -0.39 is 0 Å². The Bertz CT molecular complexity index is 738. The first-order valence-corrected chi connectivity index (χ1v) is 8.36. The second-order valence-electron chi connectivity index (χ2n) is 5.87. The van der Waals surface area contributed by atoms with Crippen molar-refractivity contribution in [3.8, 4) is 0 Å². The number of rotatable bonds is 6. The lowest BCUT2D eigenvalue weighted by molar-refractivity contribution is 0.0526. The van der Waals surface area contributed by atoms with Gasteiger partial charge in [-0.25, -0.2) is 9.59 Å². The van der Waals surface area contributed by atoms with Crippen LogP contribution in [0.2, 0.25) is 0 Å². The summed E-state index contributed by atoms with van der Waals surface area (Å²) in [6.07, 6.45) is 2.12. The van der Waals surface area contributed by atoms with E-state index in [2.05, 4.69) is 16.0 Å². The van der Waals surface area contributed by atoms with Gasteiger partial charge in [-0.3, -0.25) is 0 Å². The zero-order valence-electron chi connectivity index (χ0n) is 14.0. The number of urea groups is 1. The van der Waals surface area contributed by atoms with Crippen molar-refractivity contribution in [1.82, 2.24) is 5.32 Å². The second kappa shape index (κ2) is 7.70. The van der Waals surface area contributed by atoms with Gasteiger partial charge in [0, 0.05) is 23.1 Å². The third-order valence-corrected chi connectivity index (χ3v) is 3.74. The lowest BCUT2D eigenvalue weighted by atomic mass is 10.2. The average Bonchev–Trinajstić information content (AvgIpc) is 3.41. The molecule has 3 rings (SSSR count). The maximum Gasteiger partial charge on any atom is 0.338 e. The Labute approximate surface area is 146 Å². The molecule has 6 heteroatoms. The number of nitrogens with one attached hydrogen (secondary N) is 3. The predicted molar refractivity (Wildman–Crippen MR) is 97.3 cm³/mol. The first kappa shape index (κ1) is 16.8. The molecule has 1 fully saturated rings. The Morgan fingerprint density at radius 2 is 1.52 bits per heavy atom. The summed E-state index contributed by atoms with van der Waals surface area (Å²) in [5.41, 5.74) is 3.01. The first-order valence-electron chi connectivity index (χ1n) is 8.36. The Hall–Kier alpha value is -3.02. The van der Waals surface area contributed by atoms with Crippen molar-refractivity contribution in [2.45, 2.75) is 25.8 Å². The van der Waals surface area contributed by atoms with Crippen LogP contribution in [0.5, 0.6) is 0 Å². The topological polar surface area (TPSA) is 79.5 Å². The number of carbonyl (C=O) groups is 2. The zero-order valence-corrected chi connectivity index (χ0v) is 14.0. The predicted octanol–water partition coefficient (Wildman–Crippen LogP) is 3.89. The summed E-state index contributed by atoms with van der Waals surface area (Å²) < 4.78 is 4.96. The molecule has 2 amide bonds. The minimum atomic E-state index is -0.325. The highest BCUT2D eigenvalue weighted by atomic mass is 16.5.